The van der Waals surface area contributed by atoms with E-state index >= 15 is 0 Å². The molecule has 0 bridgehead atoms. The molecule has 0 spiro atoms. The van der Waals surface area contributed by atoms with Crippen LogP contribution in [0.2, 0.25) is 0 Å². The quantitative estimate of drug-likeness (QED) is 0.560. The first-order chi connectivity index (χ1) is 8.22. The van der Waals surface area contributed by atoms with Crippen molar-refractivity contribution in [1.29, 1.82) is 0 Å². The summed E-state index contributed by atoms with van der Waals surface area (Å²) in [6.07, 6.45) is 3.24. The molecule has 0 fully saturated rings. The number of benzene rings is 1. The molecule has 0 N–H and O–H groups in total. The second kappa shape index (κ2) is 6.84. The van der Waals surface area contributed by atoms with Gasteiger partial charge < -0.3 is 4.74 Å². The van der Waals surface area contributed by atoms with Crippen molar-refractivity contribution in [1.82, 2.24) is 0 Å². The lowest BCUT2D eigenvalue weighted by atomic mass is 10.1. The zero-order chi connectivity index (χ0) is 12.7. The van der Waals surface area contributed by atoms with Gasteiger partial charge in [0.15, 0.2) is 6.29 Å². The Morgan fingerprint density at radius 3 is 2.65 bits per heavy atom. The molecule has 1 aromatic carbocycles. The van der Waals surface area contributed by atoms with E-state index < -0.39 is 5.97 Å². The summed E-state index contributed by atoms with van der Waals surface area (Å²) in [5.74, 6) is -0.409. The van der Waals surface area contributed by atoms with Gasteiger partial charge in [-0.2, -0.15) is 0 Å². The van der Waals surface area contributed by atoms with Gasteiger partial charge in [0.05, 0.1) is 5.56 Å². The van der Waals surface area contributed by atoms with Crippen LogP contribution in [0, 0.1) is 0 Å². The van der Waals surface area contributed by atoms with Crippen molar-refractivity contribution in [2.75, 3.05) is 0 Å². The Bertz CT molecular complexity index is 385. The second-order valence-corrected chi connectivity index (χ2v) is 3.93. The summed E-state index contributed by atoms with van der Waals surface area (Å²) in [6, 6.07) is 6.68. The molecule has 0 radical (unpaired) electrons. The third-order valence-corrected chi connectivity index (χ3v) is 2.65. The predicted octanol–water partition coefficient (Wildman–Crippen LogP) is 3.23. The molecule has 3 heteroatoms. The molecule has 17 heavy (non-hydrogen) atoms. The van der Waals surface area contributed by atoms with Gasteiger partial charge in [-0.1, -0.05) is 38.5 Å². The van der Waals surface area contributed by atoms with Gasteiger partial charge in [0.2, 0.25) is 0 Å². The summed E-state index contributed by atoms with van der Waals surface area (Å²) in [7, 11) is 0. The highest BCUT2D eigenvalue weighted by molar-refractivity contribution is 5.98. The summed E-state index contributed by atoms with van der Waals surface area (Å²) < 4.78 is 5.37. The third-order valence-electron chi connectivity index (χ3n) is 2.65. The lowest BCUT2D eigenvalue weighted by molar-refractivity contribution is 0.0270. The summed E-state index contributed by atoms with van der Waals surface area (Å²) in [5, 5.41) is 0. The van der Waals surface area contributed by atoms with Gasteiger partial charge in [0, 0.05) is 5.56 Å². The Labute approximate surface area is 102 Å². The number of esters is 1. The maximum Gasteiger partial charge on any atom is 0.339 e. The van der Waals surface area contributed by atoms with E-state index in [0.717, 1.165) is 19.3 Å². The van der Waals surface area contributed by atoms with Gasteiger partial charge in [-0.05, 0) is 18.9 Å². The zero-order valence-electron chi connectivity index (χ0n) is 10.3. The fraction of sp³-hybridized carbons (Fsp3) is 0.429. The van der Waals surface area contributed by atoms with Crippen molar-refractivity contribution in [3.63, 3.8) is 0 Å². The van der Waals surface area contributed by atoms with Crippen LogP contribution in [-0.4, -0.2) is 18.4 Å². The summed E-state index contributed by atoms with van der Waals surface area (Å²) in [4.78, 5) is 22.7. The topological polar surface area (TPSA) is 43.4 Å². The molecular weight excluding hydrogens is 216 g/mol. The molecule has 0 aliphatic rings. The van der Waals surface area contributed by atoms with Crippen LogP contribution in [0.5, 0.6) is 0 Å². The van der Waals surface area contributed by atoms with Gasteiger partial charge in [0.25, 0.3) is 0 Å². The number of carbonyl (C=O) groups excluding carboxylic acids is 2. The van der Waals surface area contributed by atoms with Gasteiger partial charge >= 0.3 is 5.97 Å². The Hall–Kier alpha value is -1.64. The maximum atomic E-state index is 11.9. The Morgan fingerprint density at radius 1 is 1.35 bits per heavy atom. The van der Waals surface area contributed by atoms with Crippen molar-refractivity contribution in [3.8, 4) is 0 Å². The molecule has 0 saturated heterocycles. The van der Waals surface area contributed by atoms with Gasteiger partial charge in [0.1, 0.15) is 6.10 Å². The normalized spacial score (nSPS) is 11.9. The molecule has 1 atom stereocenters. The van der Waals surface area contributed by atoms with Crippen LogP contribution in [0.15, 0.2) is 24.3 Å². The van der Waals surface area contributed by atoms with Crippen LogP contribution in [-0.2, 0) is 4.74 Å². The number of rotatable bonds is 6. The van der Waals surface area contributed by atoms with E-state index in [0.29, 0.717) is 17.4 Å². The number of hydrogen-bond acceptors (Lipinski definition) is 3. The number of aldehydes is 1. The van der Waals surface area contributed by atoms with Crippen LogP contribution in [0.4, 0.5) is 0 Å². The molecule has 0 saturated carbocycles. The molecule has 1 rings (SSSR count). The van der Waals surface area contributed by atoms with Crippen molar-refractivity contribution in [2.24, 2.45) is 0 Å². The number of carbonyl (C=O) groups is 2. The lowest BCUT2D eigenvalue weighted by Crippen LogP contribution is -2.18. The predicted molar refractivity (Wildman–Crippen MR) is 66.2 cm³/mol. The Kier molecular flexibility index (Phi) is 5.40. The van der Waals surface area contributed by atoms with Crippen LogP contribution in [0.1, 0.15) is 53.8 Å². The van der Waals surface area contributed by atoms with Crippen molar-refractivity contribution in [2.45, 2.75) is 39.2 Å². The van der Waals surface area contributed by atoms with Crippen molar-refractivity contribution in [3.05, 3.63) is 35.4 Å². The first-order valence-electron chi connectivity index (χ1n) is 5.98. The molecular formula is C14H18O3. The summed E-state index contributed by atoms with van der Waals surface area (Å²) in [5.41, 5.74) is 0.723. The van der Waals surface area contributed by atoms with Crippen molar-refractivity contribution < 1.29 is 14.3 Å². The Morgan fingerprint density at radius 2 is 2.06 bits per heavy atom. The van der Waals surface area contributed by atoms with Gasteiger partial charge in [-0.15, -0.1) is 0 Å². The molecule has 3 nitrogen and oxygen atoms in total. The van der Waals surface area contributed by atoms with E-state index in [1.165, 1.54) is 0 Å². The zero-order valence-corrected chi connectivity index (χ0v) is 10.3. The average molecular weight is 234 g/mol. The summed E-state index contributed by atoms with van der Waals surface area (Å²) in [6.45, 7) is 4.04. The molecule has 0 heterocycles. The fourth-order valence-electron chi connectivity index (χ4n) is 1.67. The largest absolute Gasteiger partial charge is 0.459 e. The van der Waals surface area contributed by atoms with Crippen LogP contribution in [0.3, 0.4) is 0 Å². The summed E-state index contributed by atoms with van der Waals surface area (Å²) >= 11 is 0. The van der Waals surface area contributed by atoms with Gasteiger partial charge in [-0.25, -0.2) is 4.79 Å². The van der Waals surface area contributed by atoms with Gasteiger partial charge in [-0.3, -0.25) is 4.79 Å². The lowest BCUT2D eigenvalue weighted by Gasteiger charge is -2.15. The number of hydrogen-bond donors (Lipinski definition) is 0. The fourth-order valence-corrected chi connectivity index (χ4v) is 1.67. The average Bonchev–Trinajstić information content (AvgIpc) is 2.38. The first kappa shape index (κ1) is 13.4. The molecule has 0 amide bonds. The van der Waals surface area contributed by atoms with E-state index in [4.69, 9.17) is 4.74 Å². The minimum atomic E-state index is -0.409. The second-order valence-electron chi connectivity index (χ2n) is 3.93. The molecule has 0 aromatic heterocycles. The monoisotopic (exact) mass is 234 g/mol. The molecule has 1 unspecified atom stereocenters. The van der Waals surface area contributed by atoms with Crippen LogP contribution in [0.25, 0.3) is 0 Å². The van der Waals surface area contributed by atoms with E-state index in [1.807, 2.05) is 6.92 Å². The van der Waals surface area contributed by atoms with Crippen LogP contribution >= 0.6 is 0 Å². The highest BCUT2D eigenvalue weighted by Crippen LogP contribution is 2.13. The minimum Gasteiger partial charge on any atom is -0.459 e. The molecule has 0 aliphatic heterocycles. The standard InChI is InChI=1S/C14H18O3/c1-3-7-12(4-2)17-14(16)13-9-6-5-8-11(13)10-15/h5-6,8-10,12H,3-4,7H2,1-2H3. The molecule has 1 aromatic rings. The Balaban J connectivity index is 2.78. The van der Waals surface area contributed by atoms with Crippen LogP contribution < -0.4 is 0 Å². The van der Waals surface area contributed by atoms with E-state index in [1.54, 1.807) is 24.3 Å². The molecule has 92 valence electrons. The number of ether oxygens (including phenoxy) is 1. The maximum absolute atomic E-state index is 11.9. The molecule has 0 aliphatic carbocycles. The smallest absolute Gasteiger partial charge is 0.339 e. The SMILES string of the molecule is CCCC(CC)OC(=O)c1ccccc1C=O. The third kappa shape index (κ3) is 3.70. The van der Waals surface area contributed by atoms with E-state index in [-0.39, 0.29) is 6.10 Å². The first-order valence-corrected chi connectivity index (χ1v) is 5.98. The van der Waals surface area contributed by atoms with Crippen molar-refractivity contribution >= 4 is 12.3 Å². The minimum absolute atomic E-state index is 0.0628. The van der Waals surface area contributed by atoms with E-state index in [2.05, 4.69) is 6.92 Å². The van der Waals surface area contributed by atoms with E-state index in [9.17, 15) is 9.59 Å². The highest BCUT2D eigenvalue weighted by Gasteiger charge is 2.16. The highest BCUT2D eigenvalue weighted by atomic mass is 16.5.